The highest BCUT2D eigenvalue weighted by Crippen LogP contribution is 2.29. The van der Waals surface area contributed by atoms with Crippen LogP contribution in [0.1, 0.15) is 24.2 Å². The molecule has 0 aliphatic rings. The molecule has 0 aliphatic carbocycles. The number of hydrogen-bond acceptors (Lipinski definition) is 5. The number of likely N-dealkylation sites (N-methyl/N-ethyl adjacent to an activating group) is 1. The van der Waals surface area contributed by atoms with E-state index in [-0.39, 0.29) is 12.5 Å². The van der Waals surface area contributed by atoms with Crippen molar-refractivity contribution >= 4 is 22.8 Å². The summed E-state index contributed by atoms with van der Waals surface area (Å²) >= 11 is 0. The van der Waals surface area contributed by atoms with E-state index in [1.54, 1.807) is 23.1 Å². The van der Waals surface area contributed by atoms with Crippen LogP contribution in [0.3, 0.4) is 0 Å². The molecule has 1 aromatic heterocycles. The van der Waals surface area contributed by atoms with E-state index in [0.29, 0.717) is 35.3 Å². The monoisotopic (exact) mass is 378 g/mol. The zero-order valence-electron chi connectivity index (χ0n) is 16.0. The molecule has 0 unspecified atom stereocenters. The predicted molar refractivity (Wildman–Crippen MR) is 107 cm³/mol. The summed E-state index contributed by atoms with van der Waals surface area (Å²) < 4.78 is 10.7. The number of carbonyl (C=O) groups excluding carboxylic acids is 2. The largest absolute Gasteiger partial charge is 0.452 e. The minimum atomic E-state index is -0.568. The fourth-order valence-electron chi connectivity index (χ4n) is 2.87. The first kappa shape index (κ1) is 19.4. The molecule has 0 atom stereocenters. The van der Waals surface area contributed by atoms with Crippen molar-refractivity contribution in [1.82, 2.24) is 10.1 Å². The van der Waals surface area contributed by atoms with Gasteiger partial charge in [-0.05, 0) is 32.0 Å². The van der Waals surface area contributed by atoms with Crippen molar-refractivity contribution in [2.24, 2.45) is 0 Å². The number of fused-ring (bicyclic) bond motifs is 1. The molecule has 1 heterocycles. The Morgan fingerprint density at radius 3 is 2.61 bits per heavy atom. The molecule has 6 heteroatoms. The van der Waals surface area contributed by atoms with Crippen LogP contribution in [-0.4, -0.2) is 41.6 Å². The zero-order valence-corrected chi connectivity index (χ0v) is 16.0. The molecular formula is C22H22N2O4. The molecule has 0 bridgehead atoms. The van der Waals surface area contributed by atoms with Crippen molar-refractivity contribution in [2.75, 3.05) is 19.7 Å². The highest BCUT2D eigenvalue weighted by molar-refractivity contribution is 5.99. The second-order valence-electron chi connectivity index (χ2n) is 6.55. The summed E-state index contributed by atoms with van der Waals surface area (Å²) in [5.41, 5.74) is 2.71. The Morgan fingerprint density at radius 2 is 1.93 bits per heavy atom. The molecule has 0 saturated heterocycles. The molecule has 0 aliphatic heterocycles. The highest BCUT2D eigenvalue weighted by Gasteiger charge is 2.17. The molecule has 0 radical (unpaired) electrons. The molecule has 0 spiro atoms. The standard InChI is InChI=1S/C22H22N2O4/c1-4-24(13-15(2)3)20(25)14-27-22(26)17-10-11-19-18(12-17)21(28-23-19)16-8-6-5-7-9-16/h5-12H,2,4,13-14H2,1,3H3. The first-order chi connectivity index (χ1) is 13.5. The van der Waals surface area contributed by atoms with E-state index in [2.05, 4.69) is 11.7 Å². The summed E-state index contributed by atoms with van der Waals surface area (Å²) in [5.74, 6) is -0.239. The summed E-state index contributed by atoms with van der Waals surface area (Å²) in [5, 5.41) is 4.75. The lowest BCUT2D eigenvalue weighted by Gasteiger charge is -2.20. The van der Waals surface area contributed by atoms with E-state index < -0.39 is 5.97 Å². The number of nitrogens with zero attached hydrogens (tertiary/aromatic N) is 2. The van der Waals surface area contributed by atoms with Crippen molar-refractivity contribution in [1.29, 1.82) is 0 Å². The van der Waals surface area contributed by atoms with E-state index in [1.807, 2.05) is 44.2 Å². The molecule has 3 aromatic rings. The van der Waals surface area contributed by atoms with Gasteiger partial charge in [-0.15, -0.1) is 0 Å². The number of amides is 1. The Bertz CT molecular complexity index is 1010. The SMILES string of the molecule is C=C(C)CN(CC)C(=O)COC(=O)c1ccc2noc(-c3ccccc3)c2c1. The summed E-state index contributed by atoms with van der Waals surface area (Å²) in [7, 11) is 0. The third-order valence-corrected chi connectivity index (χ3v) is 4.27. The Hall–Kier alpha value is -3.41. The van der Waals surface area contributed by atoms with Gasteiger partial charge in [-0.3, -0.25) is 4.79 Å². The fourth-order valence-corrected chi connectivity index (χ4v) is 2.87. The quantitative estimate of drug-likeness (QED) is 0.458. The molecule has 0 saturated carbocycles. The van der Waals surface area contributed by atoms with E-state index in [0.717, 1.165) is 11.1 Å². The topological polar surface area (TPSA) is 72.6 Å². The number of rotatable bonds is 7. The number of ether oxygens (including phenoxy) is 1. The van der Waals surface area contributed by atoms with Gasteiger partial charge in [0.1, 0.15) is 5.52 Å². The summed E-state index contributed by atoms with van der Waals surface area (Å²) in [6, 6.07) is 14.5. The van der Waals surface area contributed by atoms with Gasteiger partial charge < -0.3 is 14.2 Å². The second-order valence-corrected chi connectivity index (χ2v) is 6.55. The lowest BCUT2D eigenvalue weighted by molar-refractivity contribution is -0.133. The van der Waals surface area contributed by atoms with Gasteiger partial charge in [0.15, 0.2) is 12.4 Å². The zero-order chi connectivity index (χ0) is 20.1. The predicted octanol–water partition coefficient (Wildman–Crippen LogP) is 4.08. The summed E-state index contributed by atoms with van der Waals surface area (Å²) in [4.78, 5) is 26.3. The van der Waals surface area contributed by atoms with Crippen molar-refractivity contribution in [3.63, 3.8) is 0 Å². The fraction of sp³-hybridized carbons (Fsp3) is 0.227. The minimum absolute atomic E-state index is 0.255. The van der Waals surface area contributed by atoms with Crippen LogP contribution < -0.4 is 0 Å². The average molecular weight is 378 g/mol. The van der Waals surface area contributed by atoms with Crippen molar-refractivity contribution in [3.8, 4) is 11.3 Å². The van der Waals surface area contributed by atoms with Crippen LogP contribution >= 0.6 is 0 Å². The van der Waals surface area contributed by atoms with Gasteiger partial charge >= 0.3 is 5.97 Å². The summed E-state index contributed by atoms with van der Waals surface area (Å²) in [6.45, 7) is 8.18. The lowest BCUT2D eigenvalue weighted by atomic mass is 10.1. The van der Waals surface area contributed by atoms with Crippen molar-refractivity contribution in [2.45, 2.75) is 13.8 Å². The van der Waals surface area contributed by atoms with E-state index in [1.165, 1.54) is 0 Å². The van der Waals surface area contributed by atoms with Crippen LogP contribution in [0.5, 0.6) is 0 Å². The van der Waals surface area contributed by atoms with Crippen LogP contribution in [0.4, 0.5) is 0 Å². The molecule has 28 heavy (non-hydrogen) atoms. The molecular weight excluding hydrogens is 356 g/mol. The number of carbonyl (C=O) groups is 2. The molecule has 3 rings (SSSR count). The lowest BCUT2D eigenvalue weighted by Crippen LogP contribution is -2.35. The van der Waals surface area contributed by atoms with Crippen LogP contribution in [0.25, 0.3) is 22.2 Å². The van der Waals surface area contributed by atoms with E-state index >= 15 is 0 Å². The Morgan fingerprint density at radius 1 is 1.18 bits per heavy atom. The van der Waals surface area contributed by atoms with Gasteiger partial charge in [0.2, 0.25) is 0 Å². The minimum Gasteiger partial charge on any atom is -0.452 e. The Labute approximate surface area is 163 Å². The third-order valence-electron chi connectivity index (χ3n) is 4.27. The maximum absolute atomic E-state index is 12.4. The third kappa shape index (κ3) is 4.28. The maximum atomic E-state index is 12.4. The van der Waals surface area contributed by atoms with Crippen molar-refractivity contribution < 1.29 is 18.8 Å². The summed E-state index contributed by atoms with van der Waals surface area (Å²) in [6.07, 6.45) is 0. The van der Waals surface area contributed by atoms with Gasteiger partial charge in [-0.25, -0.2) is 4.79 Å². The molecule has 2 aromatic carbocycles. The maximum Gasteiger partial charge on any atom is 0.338 e. The Balaban J connectivity index is 1.75. The number of benzene rings is 2. The van der Waals surface area contributed by atoms with Gasteiger partial charge in [-0.1, -0.05) is 47.6 Å². The molecule has 0 N–H and O–H groups in total. The van der Waals surface area contributed by atoms with Crippen LogP contribution in [0.2, 0.25) is 0 Å². The van der Waals surface area contributed by atoms with Gasteiger partial charge in [0.25, 0.3) is 5.91 Å². The highest BCUT2D eigenvalue weighted by atomic mass is 16.5. The number of hydrogen-bond donors (Lipinski definition) is 0. The van der Waals surface area contributed by atoms with Crippen molar-refractivity contribution in [3.05, 3.63) is 66.2 Å². The number of aromatic nitrogens is 1. The average Bonchev–Trinajstić information content (AvgIpc) is 3.13. The first-order valence-corrected chi connectivity index (χ1v) is 9.03. The normalized spacial score (nSPS) is 10.6. The van der Waals surface area contributed by atoms with E-state index in [4.69, 9.17) is 9.26 Å². The van der Waals surface area contributed by atoms with Crippen LogP contribution in [0, 0.1) is 0 Å². The van der Waals surface area contributed by atoms with Crippen LogP contribution in [0.15, 0.2) is 65.2 Å². The Kier molecular flexibility index (Phi) is 5.89. The smallest absolute Gasteiger partial charge is 0.338 e. The molecule has 144 valence electrons. The molecule has 6 nitrogen and oxygen atoms in total. The molecule has 0 fully saturated rings. The second kappa shape index (κ2) is 8.52. The van der Waals surface area contributed by atoms with E-state index in [9.17, 15) is 9.59 Å². The van der Waals surface area contributed by atoms with Crippen LogP contribution in [-0.2, 0) is 9.53 Å². The number of esters is 1. The first-order valence-electron chi connectivity index (χ1n) is 9.03. The molecule has 1 amide bonds. The van der Waals surface area contributed by atoms with Gasteiger partial charge in [-0.2, -0.15) is 0 Å². The van der Waals surface area contributed by atoms with Gasteiger partial charge in [0, 0.05) is 18.7 Å². The van der Waals surface area contributed by atoms with Gasteiger partial charge in [0.05, 0.1) is 10.9 Å².